The second kappa shape index (κ2) is 8.04. The minimum Gasteiger partial charge on any atom is -0.357 e. The Bertz CT molecular complexity index is 340. The largest absolute Gasteiger partial charge is 0.357 e. The highest BCUT2D eigenvalue weighted by Gasteiger charge is 2.16. The van der Waals surface area contributed by atoms with Gasteiger partial charge in [-0.25, -0.2) is 0 Å². The summed E-state index contributed by atoms with van der Waals surface area (Å²) < 4.78 is -0.215. The van der Waals surface area contributed by atoms with Crippen molar-refractivity contribution in [3.63, 3.8) is 0 Å². The van der Waals surface area contributed by atoms with E-state index in [1.807, 2.05) is 13.8 Å². The highest BCUT2D eigenvalue weighted by atomic mass is 32.1. The molecule has 0 rings (SSSR count). The molecule has 19 heavy (non-hydrogen) atoms. The van der Waals surface area contributed by atoms with Crippen LogP contribution in [0.15, 0.2) is 0 Å². The minimum atomic E-state index is -0.620. The second-order valence-electron chi connectivity index (χ2n) is 4.99. The van der Waals surface area contributed by atoms with Crippen LogP contribution >= 0.6 is 12.6 Å². The van der Waals surface area contributed by atoms with Crippen molar-refractivity contribution >= 4 is 30.4 Å². The van der Waals surface area contributed by atoms with E-state index in [0.717, 1.165) is 0 Å². The Hall–Kier alpha value is -1.24. The molecule has 0 heterocycles. The Kier molecular flexibility index (Phi) is 7.51. The predicted molar refractivity (Wildman–Crippen MR) is 77.0 cm³/mol. The summed E-state index contributed by atoms with van der Waals surface area (Å²) in [6.45, 7) is 5.28. The van der Waals surface area contributed by atoms with Gasteiger partial charge in [-0.1, -0.05) is 13.8 Å². The standard InChI is InChI=1S/C12H23N3O3S/c1-8(11(18)13-4)15-10(17)7-14-9(16)5-6-12(2,3)19/h8,19H,5-7H2,1-4H3,(H,13,18)(H,14,16)(H,15,17). The first-order valence-corrected chi connectivity index (χ1v) is 6.60. The first kappa shape index (κ1) is 17.8. The monoisotopic (exact) mass is 289 g/mol. The van der Waals surface area contributed by atoms with Crippen LogP contribution < -0.4 is 16.0 Å². The van der Waals surface area contributed by atoms with Crippen molar-refractivity contribution in [1.82, 2.24) is 16.0 Å². The zero-order chi connectivity index (χ0) is 15.1. The average Bonchev–Trinajstić information content (AvgIpc) is 2.31. The second-order valence-corrected chi connectivity index (χ2v) is 6.20. The van der Waals surface area contributed by atoms with Gasteiger partial charge in [-0.3, -0.25) is 14.4 Å². The summed E-state index contributed by atoms with van der Waals surface area (Å²) in [6.07, 6.45) is 0.937. The maximum Gasteiger partial charge on any atom is 0.242 e. The summed E-state index contributed by atoms with van der Waals surface area (Å²) in [5.74, 6) is -0.879. The van der Waals surface area contributed by atoms with Crippen LogP contribution in [0.3, 0.4) is 0 Å². The van der Waals surface area contributed by atoms with Gasteiger partial charge >= 0.3 is 0 Å². The molecule has 0 aliphatic carbocycles. The number of likely N-dealkylation sites (N-methyl/N-ethyl adjacent to an activating group) is 1. The molecule has 0 aromatic carbocycles. The van der Waals surface area contributed by atoms with Gasteiger partial charge in [-0.15, -0.1) is 0 Å². The lowest BCUT2D eigenvalue weighted by Gasteiger charge is -2.16. The quantitative estimate of drug-likeness (QED) is 0.491. The molecule has 0 spiro atoms. The molecule has 0 aliphatic heterocycles. The Morgan fingerprint density at radius 2 is 1.79 bits per heavy atom. The molecule has 1 atom stereocenters. The fourth-order valence-corrected chi connectivity index (χ4v) is 1.37. The van der Waals surface area contributed by atoms with Crippen LogP contribution in [0, 0.1) is 0 Å². The highest BCUT2D eigenvalue weighted by molar-refractivity contribution is 7.81. The van der Waals surface area contributed by atoms with Crippen molar-refractivity contribution in [2.75, 3.05) is 13.6 Å². The third-order valence-corrected chi connectivity index (χ3v) is 2.65. The molecule has 0 fully saturated rings. The van der Waals surface area contributed by atoms with E-state index in [-0.39, 0.29) is 23.1 Å². The maximum atomic E-state index is 11.5. The van der Waals surface area contributed by atoms with Gasteiger partial charge in [-0.05, 0) is 13.3 Å². The van der Waals surface area contributed by atoms with Crippen LogP contribution in [0.25, 0.3) is 0 Å². The van der Waals surface area contributed by atoms with Crippen molar-refractivity contribution < 1.29 is 14.4 Å². The highest BCUT2D eigenvalue weighted by Crippen LogP contribution is 2.18. The van der Waals surface area contributed by atoms with Crippen LogP contribution in [0.4, 0.5) is 0 Å². The number of hydrogen-bond donors (Lipinski definition) is 4. The molecule has 3 amide bonds. The molecule has 6 nitrogen and oxygen atoms in total. The summed E-state index contributed by atoms with van der Waals surface area (Å²) in [4.78, 5) is 34.1. The number of carbonyl (C=O) groups excluding carboxylic acids is 3. The van der Waals surface area contributed by atoms with Crippen LogP contribution in [0.5, 0.6) is 0 Å². The zero-order valence-corrected chi connectivity index (χ0v) is 12.8. The minimum absolute atomic E-state index is 0.132. The SMILES string of the molecule is CNC(=O)C(C)NC(=O)CNC(=O)CCC(C)(C)S. The summed E-state index contributed by atoms with van der Waals surface area (Å²) in [6, 6.07) is -0.620. The molecule has 0 aromatic heterocycles. The molecular formula is C12H23N3O3S. The lowest BCUT2D eigenvalue weighted by atomic mass is 10.1. The molecule has 0 saturated heterocycles. The van der Waals surface area contributed by atoms with Crippen molar-refractivity contribution in [3.8, 4) is 0 Å². The molecule has 0 radical (unpaired) electrons. The molecular weight excluding hydrogens is 266 g/mol. The number of nitrogens with one attached hydrogen (secondary N) is 3. The van der Waals surface area contributed by atoms with Gasteiger partial charge in [0.05, 0.1) is 6.54 Å². The van der Waals surface area contributed by atoms with E-state index in [1.54, 1.807) is 6.92 Å². The third-order valence-electron chi connectivity index (χ3n) is 2.43. The van der Waals surface area contributed by atoms with Crippen molar-refractivity contribution in [2.45, 2.75) is 44.4 Å². The number of carbonyl (C=O) groups is 3. The van der Waals surface area contributed by atoms with E-state index in [0.29, 0.717) is 12.8 Å². The van der Waals surface area contributed by atoms with Gasteiger partial charge in [0.1, 0.15) is 6.04 Å². The Balaban J connectivity index is 3.91. The van der Waals surface area contributed by atoms with Crippen LogP contribution in [0.2, 0.25) is 0 Å². The maximum absolute atomic E-state index is 11.5. The van der Waals surface area contributed by atoms with Gasteiger partial charge in [0, 0.05) is 18.2 Å². The van der Waals surface area contributed by atoms with Crippen molar-refractivity contribution in [2.24, 2.45) is 0 Å². The van der Waals surface area contributed by atoms with Crippen LogP contribution in [-0.4, -0.2) is 42.1 Å². The summed E-state index contributed by atoms with van der Waals surface area (Å²) in [5, 5.41) is 7.40. The first-order valence-electron chi connectivity index (χ1n) is 6.15. The Morgan fingerprint density at radius 1 is 1.21 bits per heavy atom. The summed E-state index contributed by atoms with van der Waals surface area (Å²) in [5.41, 5.74) is 0. The fraction of sp³-hybridized carbons (Fsp3) is 0.750. The van der Waals surface area contributed by atoms with Crippen molar-refractivity contribution in [1.29, 1.82) is 0 Å². The zero-order valence-electron chi connectivity index (χ0n) is 11.9. The first-order chi connectivity index (χ1) is 8.65. The average molecular weight is 289 g/mol. The van der Waals surface area contributed by atoms with Gasteiger partial charge in [-0.2, -0.15) is 12.6 Å². The number of amides is 3. The summed E-state index contributed by atoms with van der Waals surface area (Å²) in [7, 11) is 1.49. The topological polar surface area (TPSA) is 87.3 Å². The van der Waals surface area contributed by atoms with E-state index in [1.165, 1.54) is 7.05 Å². The number of rotatable bonds is 7. The van der Waals surface area contributed by atoms with Gasteiger partial charge in [0.25, 0.3) is 0 Å². The van der Waals surface area contributed by atoms with Crippen LogP contribution in [0.1, 0.15) is 33.6 Å². The Morgan fingerprint density at radius 3 is 2.26 bits per heavy atom. The van der Waals surface area contributed by atoms with Crippen LogP contribution in [-0.2, 0) is 14.4 Å². The molecule has 0 aromatic rings. The van der Waals surface area contributed by atoms with E-state index in [9.17, 15) is 14.4 Å². The summed E-state index contributed by atoms with van der Waals surface area (Å²) >= 11 is 4.31. The van der Waals surface area contributed by atoms with Gasteiger partial charge in [0.15, 0.2) is 0 Å². The van der Waals surface area contributed by atoms with E-state index in [4.69, 9.17) is 0 Å². The predicted octanol–water partition coefficient (Wildman–Crippen LogP) is -0.158. The molecule has 0 saturated carbocycles. The number of thiol groups is 1. The molecule has 0 aliphatic rings. The Labute approximate surface area is 119 Å². The smallest absolute Gasteiger partial charge is 0.242 e. The molecule has 1 unspecified atom stereocenters. The van der Waals surface area contributed by atoms with Gasteiger partial charge < -0.3 is 16.0 Å². The third kappa shape index (κ3) is 9.35. The van der Waals surface area contributed by atoms with Crippen molar-refractivity contribution in [3.05, 3.63) is 0 Å². The van der Waals surface area contributed by atoms with E-state index in [2.05, 4.69) is 28.6 Å². The normalized spacial score (nSPS) is 12.5. The van der Waals surface area contributed by atoms with E-state index < -0.39 is 11.9 Å². The van der Waals surface area contributed by atoms with E-state index >= 15 is 0 Å². The molecule has 7 heteroatoms. The molecule has 110 valence electrons. The number of hydrogen-bond acceptors (Lipinski definition) is 4. The van der Waals surface area contributed by atoms with Gasteiger partial charge in [0.2, 0.25) is 17.7 Å². The molecule has 3 N–H and O–H groups in total. The lowest BCUT2D eigenvalue weighted by Crippen LogP contribution is -2.47. The lowest BCUT2D eigenvalue weighted by molar-refractivity contribution is -0.129. The fourth-order valence-electron chi connectivity index (χ4n) is 1.26. The molecule has 0 bridgehead atoms.